The average molecular weight is 466 g/mol. The van der Waals surface area contributed by atoms with Gasteiger partial charge >= 0.3 is 0 Å². The zero-order chi connectivity index (χ0) is 23.9. The molecule has 7 heteroatoms. The molecule has 0 aliphatic carbocycles. The first kappa shape index (κ1) is 22.6. The fraction of sp³-hybridized carbons (Fsp3) is 0.154. The number of ketones is 1. The third-order valence-corrected chi connectivity index (χ3v) is 5.82. The van der Waals surface area contributed by atoms with Gasteiger partial charge in [0.15, 0.2) is 0 Å². The Morgan fingerprint density at radius 3 is 2.42 bits per heavy atom. The minimum absolute atomic E-state index is 0.130. The first-order chi connectivity index (χ1) is 15.7. The van der Waals surface area contributed by atoms with Gasteiger partial charge in [0.1, 0.15) is 17.3 Å². The monoisotopic (exact) mass is 465 g/mol. The van der Waals surface area contributed by atoms with Crippen LogP contribution in [-0.4, -0.2) is 23.9 Å². The third kappa shape index (κ3) is 3.98. The Balaban J connectivity index is 2.02. The lowest BCUT2D eigenvalue weighted by atomic mass is 9.93. The Morgan fingerprint density at radius 1 is 1.03 bits per heavy atom. The van der Waals surface area contributed by atoms with Crippen molar-refractivity contribution in [3.8, 4) is 5.75 Å². The van der Waals surface area contributed by atoms with Crippen LogP contribution in [0.1, 0.15) is 28.3 Å². The van der Waals surface area contributed by atoms with Crippen LogP contribution in [-0.2, 0) is 9.59 Å². The number of aryl methyl sites for hydroxylation is 2. The summed E-state index contributed by atoms with van der Waals surface area (Å²) in [6.07, 6.45) is 0. The van der Waals surface area contributed by atoms with Gasteiger partial charge in [0.2, 0.25) is 0 Å². The second kappa shape index (κ2) is 8.71. The minimum Gasteiger partial charge on any atom is -0.507 e. The van der Waals surface area contributed by atoms with E-state index < -0.39 is 29.3 Å². The lowest BCUT2D eigenvalue weighted by Crippen LogP contribution is -2.29. The smallest absolute Gasteiger partial charge is 0.300 e. The molecule has 0 saturated carbocycles. The molecule has 1 fully saturated rings. The van der Waals surface area contributed by atoms with Crippen LogP contribution in [0.25, 0.3) is 5.76 Å². The Kier molecular flexibility index (Phi) is 5.95. The van der Waals surface area contributed by atoms with Crippen LogP contribution in [0.4, 0.5) is 10.1 Å². The van der Waals surface area contributed by atoms with Gasteiger partial charge in [-0.25, -0.2) is 4.39 Å². The van der Waals surface area contributed by atoms with Gasteiger partial charge in [-0.1, -0.05) is 47.5 Å². The largest absolute Gasteiger partial charge is 0.507 e. The van der Waals surface area contributed by atoms with Crippen molar-refractivity contribution in [3.63, 3.8) is 0 Å². The number of benzene rings is 3. The van der Waals surface area contributed by atoms with Crippen molar-refractivity contribution in [3.05, 3.63) is 99.3 Å². The highest BCUT2D eigenvalue weighted by atomic mass is 35.5. The predicted octanol–water partition coefficient (Wildman–Crippen LogP) is 5.73. The van der Waals surface area contributed by atoms with Crippen LogP contribution in [0.15, 0.2) is 66.2 Å². The van der Waals surface area contributed by atoms with E-state index in [1.54, 1.807) is 37.3 Å². The number of aliphatic hydroxyl groups is 1. The fourth-order valence-electron chi connectivity index (χ4n) is 4.14. The van der Waals surface area contributed by atoms with Crippen LogP contribution in [0, 0.1) is 19.7 Å². The molecular weight excluding hydrogens is 445 g/mol. The second-order valence-corrected chi connectivity index (χ2v) is 8.30. The van der Waals surface area contributed by atoms with Crippen molar-refractivity contribution in [1.82, 2.24) is 0 Å². The molecule has 1 unspecified atom stereocenters. The third-order valence-electron chi connectivity index (χ3n) is 5.54. The van der Waals surface area contributed by atoms with E-state index >= 15 is 0 Å². The van der Waals surface area contributed by atoms with Gasteiger partial charge in [-0.3, -0.25) is 14.5 Å². The molecule has 1 aliphatic rings. The number of methoxy groups -OCH3 is 1. The molecule has 33 heavy (non-hydrogen) atoms. The molecule has 3 aromatic carbocycles. The van der Waals surface area contributed by atoms with Gasteiger partial charge in [0.25, 0.3) is 11.7 Å². The molecule has 1 saturated heterocycles. The maximum absolute atomic E-state index is 14.0. The molecule has 1 heterocycles. The quantitative estimate of drug-likeness (QED) is 0.303. The first-order valence-electron chi connectivity index (χ1n) is 10.2. The number of carbonyl (C=O) groups is 2. The molecule has 0 bridgehead atoms. The number of amides is 1. The number of aliphatic hydroxyl groups excluding tert-OH is 1. The average Bonchev–Trinajstić information content (AvgIpc) is 3.03. The van der Waals surface area contributed by atoms with Crippen LogP contribution in [0.3, 0.4) is 0 Å². The highest BCUT2D eigenvalue weighted by molar-refractivity contribution is 6.51. The molecule has 1 amide bonds. The fourth-order valence-corrected chi connectivity index (χ4v) is 4.49. The van der Waals surface area contributed by atoms with Crippen molar-refractivity contribution >= 4 is 34.7 Å². The zero-order valence-electron chi connectivity index (χ0n) is 18.2. The van der Waals surface area contributed by atoms with E-state index in [-0.39, 0.29) is 27.6 Å². The SMILES string of the molecule is COc1c(Cl)cc(C)cc1/C(O)=C1\C(=O)C(=O)N(c2cccc(F)c2)C1c1cccc(C)c1. The molecule has 0 radical (unpaired) electrons. The number of carbonyl (C=O) groups excluding carboxylic acids is 2. The van der Waals surface area contributed by atoms with Crippen molar-refractivity contribution < 1.29 is 23.8 Å². The number of anilines is 1. The van der Waals surface area contributed by atoms with Crippen molar-refractivity contribution in [1.29, 1.82) is 0 Å². The van der Waals surface area contributed by atoms with Gasteiger partial charge in [0.05, 0.1) is 29.3 Å². The van der Waals surface area contributed by atoms with E-state index in [2.05, 4.69) is 0 Å². The van der Waals surface area contributed by atoms with Gasteiger partial charge in [0, 0.05) is 5.69 Å². The Labute approximate surface area is 195 Å². The summed E-state index contributed by atoms with van der Waals surface area (Å²) >= 11 is 6.30. The maximum Gasteiger partial charge on any atom is 0.300 e. The summed E-state index contributed by atoms with van der Waals surface area (Å²) in [6, 6.07) is 15.0. The van der Waals surface area contributed by atoms with E-state index in [0.29, 0.717) is 5.56 Å². The van der Waals surface area contributed by atoms with E-state index in [9.17, 15) is 19.1 Å². The van der Waals surface area contributed by atoms with E-state index in [0.717, 1.165) is 11.1 Å². The van der Waals surface area contributed by atoms with Crippen molar-refractivity contribution in [2.24, 2.45) is 0 Å². The van der Waals surface area contributed by atoms with Crippen LogP contribution >= 0.6 is 11.6 Å². The Hall–Kier alpha value is -3.64. The number of hydrogen-bond acceptors (Lipinski definition) is 4. The molecule has 0 spiro atoms. The van der Waals surface area contributed by atoms with Gasteiger partial charge in [-0.05, 0) is 55.3 Å². The number of hydrogen-bond donors (Lipinski definition) is 1. The summed E-state index contributed by atoms with van der Waals surface area (Å²) in [5.74, 6) is -2.54. The maximum atomic E-state index is 14.0. The summed E-state index contributed by atoms with van der Waals surface area (Å²) in [5, 5.41) is 11.6. The summed E-state index contributed by atoms with van der Waals surface area (Å²) in [4.78, 5) is 27.6. The number of ether oxygens (including phenoxy) is 1. The first-order valence-corrected chi connectivity index (χ1v) is 10.6. The Morgan fingerprint density at radius 2 is 1.76 bits per heavy atom. The van der Waals surface area contributed by atoms with E-state index in [1.165, 1.54) is 30.2 Å². The normalized spacial score (nSPS) is 17.5. The highest BCUT2D eigenvalue weighted by Crippen LogP contribution is 2.44. The van der Waals surface area contributed by atoms with Gasteiger partial charge in [-0.15, -0.1) is 0 Å². The minimum atomic E-state index is -0.976. The lowest BCUT2D eigenvalue weighted by molar-refractivity contribution is -0.132. The van der Waals surface area contributed by atoms with Gasteiger partial charge in [-0.2, -0.15) is 0 Å². The van der Waals surface area contributed by atoms with Crippen molar-refractivity contribution in [2.45, 2.75) is 19.9 Å². The van der Waals surface area contributed by atoms with Crippen LogP contribution in [0.5, 0.6) is 5.75 Å². The second-order valence-electron chi connectivity index (χ2n) is 7.89. The zero-order valence-corrected chi connectivity index (χ0v) is 19.0. The molecule has 4 rings (SSSR count). The van der Waals surface area contributed by atoms with Gasteiger partial charge < -0.3 is 9.84 Å². The summed E-state index contributed by atoms with van der Waals surface area (Å²) in [6.45, 7) is 3.66. The number of rotatable bonds is 4. The summed E-state index contributed by atoms with van der Waals surface area (Å²) < 4.78 is 19.4. The van der Waals surface area contributed by atoms with Crippen molar-refractivity contribution in [2.75, 3.05) is 12.0 Å². The summed E-state index contributed by atoms with van der Waals surface area (Å²) in [5.41, 5.74) is 2.49. The summed E-state index contributed by atoms with van der Waals surface area (Å²) in [7, 11) is 1.40. The molecule has 3 aromatic rings. The molecule has 5 nitrogen and oxygen atoms in total. The van der Waals surface area contributed by atoms with Crippen LogP contribution < -0.4 is 9.64 Å². The topological polar surface area (TPSA) is 66.8 Å². The standard InChI is InChI=1S/C26H21ClFNO4/c1-14-6-4-7-16(10-14)22-21(23(30)19-11-15(2)12-20(27)25(19)33-3)24(31)26(32)29(22)18-9-5-8-17(28)13-18/h4-13,22,30H,1-3H3/b23-21+. The number of Topliss-reactive ketones (excluding diaryl/α,β-unsaturated/α-hetero) is 1. The molecular formula is C26H21ClFNO4. The number of nitrogens with zero attached hydrogens (tertiary/aromatic N) is 1. The number of halogens is 2. The van der Waals surface area contributed by atoms with E-state index in [1.807, 2.05) is 19.1 Å². The van der Waals surface area contributed by atoms with E-state index in [4.69, 9.17) is 16.3 Å². The molecule has 1 aliphatic heterocycles. The molecule has 168 valence electrons. The molecule has 1 atom stereocenters. The molecule has 1 N–H and O–H groups in total. The molecule has 0 aromatic heterocycles. The highest BCUT2D eigenvalue weighted by Gasteiger charge is 2.47. The van der Waals surface area contributed by atoms with Crippen LogP contribution in [0.2, 0.25) is 5.02 Å². The lowest BCUT2D eigenvalue weighted by Gasteiger charge is -2.26. The Bertz CT molecular complexity index is 1320. The predicted molar refractivity (Wildman–Crippen MR) is 125 cm³/mol.